The van der Waals surface area contributed by atoms with E-state index in [1.54, 1.807) is 18.7 Å². The maximum atomic E-state index is 11.2. The Morgan fingerprint density at radius 1 is 1.06 bits per heavy atom. The van der Waals surface area contributed by atoms with Crippen molar-refractivity contribution in [3.8, 4) is 0 Å². The summed E-state index contributed by atoms with van der Waals surface area (Å²) in [5.74, 6) is 0.101. The van der Waals surface area contributed by atoms with Gasteiger partial charge in [0.25, 0.3) is 0 Å². The number of carbonyl (C=O) groups excluding carboxylic acids is 1. The summed E-state index contributed by atoms with van der Waals surface area (Å²) in [6, 6.07) is 15.9. The number of rotatable bonds is 4. The molecule has 0 aromatic heterocycles. The van der Waals surface area contributed by atoms with Crippen molar-refractivity contribution >= 4 is 23.2 Å². The minimum absolute atomic E-state index is 0.101. The number of hydrogen-bond acceptors (Lipinski definition) is 3. The van der Waals surface area contributed by atoms with Gasteiger partial charge in [-0.2, -0.15) is 0 Å². The van der Waals surface area contributed by atoms with Crippen LogP contribution >= 0.6 is 11.8 Å². The molecule has 0 heterocycles. The van der Waals surface area contributed by atoms with Gasteiger partial charge in [-0.05, 0) is 37.3 Å². The van der Waals surface area contributed by atoms with Crippen molar-refractivity contribution in [3.63, 3.8) is 0 Å². The van der Waals surface area contributed by atoms with Gasteiger partial charge in [-0.1, -0.05) is 30.0 Å². The molecule has 2 aromatic rings. The molecule has 0 saturated carbocycles. The van der Waals surface area contributed by atoms with E-state index in [1.165, 1.54) is 4.90 Å². The molecule has 2 rings (SSSR count). The first-order valence-electron chi connectivity index (χ1n) is 5.76. The second-order valence-electron chi connectivity index (χ2n) is 3.96. The van der Waals surface area contributed by atoms with Crippen LogP contribution in [0, 0.1) is 0 Å². The van der Waals surface area contributed by atoms with Crippen LogP contribution in [0.4, 0.5) is 5.69 Å². The predicted molar refractivity (Wildman–Crippen MR) is 76.6 cm³/mol. The van der Waals surface area contributed by atoms with E-state index in [-0.39, 0.29) is 5.78 Å². The summed E-state index contributed by atoms with van der Waals surface area (Å²) in [5, 5.41) is 3.12. The zero-order valence-corrected chi connectivity index (χ0v) is 11.3. The molecule has 0 aliphatic carbocycles. The lowest BCUT2D eigenvalue weighted by molar-refractivity contribution is 0.101. The first-order valence-corrected chi connectivity index (χ1v) is 6.57. The Labute approximate surface area is 111 Å². The number of carbonyl (C=O) groups is 1. The van der Waals surface area contributed by atoms with Gasteiger partial charge in [0.15, 0.2) is 5.78 Å². The summed E-state index contributed by atoms with van der Waals surface area (Å²) >= 11 is 1.69. The molecule has 0 bridgehead atoms. The van der Waals surface area contributed by atoms with Crippen LogP contribution in [0.3, 0.4) is 0 Å². The first kappa shape index (κ1) is 12.7. The Balaban J connectivity index is 2.15. The maximum absolute atomic E-state index is 11.2. The highest BCUT2D eigenvalue weighted by atomic mass is 32.2. The minimum Gasteiger partial charge on any atom is -0.388 e. The summed E-state index contributed by atoms with van der Waals surface area (Å²) in [6.45, 7) is 1.58. The minimum atomic E-state index is 0.101. The van der Waals surface area contributed by atoms with Crippen LogP contribution in [0.5, 0.6) is 0 Å². The molecule has 0 atom stereocenters. The van der Waals surface area contributed by atoms with Crippen LogP contribution in [-0.2, 0) is 0 Å². The molecule has 0 aliphatic rings. The van der Waals surface area contributed by atoms with Gasteiger partial charge in [-0.15, -0.1) is 0 Å². The van der Waals surface area contributed by atoms with Gasteiger partial charge in [0.1, 0.15) is 0 Å². The fourth-order valence-electron chi connectivity index (χ4n) is 1.61. The molecule has 2 nitrogen and oxygen atoms in total. The molecule has 0 unspecified atom stereocenters. The highest BCUT2D eigenvalue weighted by Gasteiger charge is 2.01. The number of anilines is 1. The van der Waals surface area contributed by atoms with Gasteiger partial charge in [-0.25, -0.2) is 0 Å². The van der Waals surface area contributed by atoms with Gasteiger partial charge < -0.3 is 5.32 Å². The first-order chi connectivity index (χ1) is 8.69. The third kappa shape index (κ3) is 3.14. The average Bonchev–Trinajstić information content (AvgIpc) is 2.39. The maximum Gasteiger partial charge on any atom is 0.159 e. The van der Waals surface area contributed by atoms with Crippen LogP contribution in [0.15, 0.2) is 58.3 Å². The number of nitrogens with one attached hydrogen (secondary N) is 1. The SMILES string of the molecule is CNc1cccc(Sc2ccc(C(C)=O)cc2)c1. The van der Waals surface area contributed by atoms with Crippen LogP contribution in [0.2, 0.25) is 0 Å². The van der Waals surface area contributed by atoms with E-state index in [1.807, 2.05) is 43.4 Å². The quantitative estimate of drug-likeness (QED) is 0.837. The lowest BCUT2D eigenvalue weighted by Crippen LogP contribution is -1.90. The van der Waals surface area contributed by atoms with Crippen molar-refractivity contribution in [2.24, 2.45) is 0 Å². The highest BCUT2D eigenvalue weighted by molar-refractivity contribution is 7.99. The second kappa shape index (κ2) is 5.74. The fraction of sp³-hybridized carbons (Fsp3) is 0.133. The summed E-state index contributed by atoms with van der Waals surface area (Å²) in [7, 11) is 1.91. The highest BCUT2D eigenvalue weighted by Crippen LogP contribution is 2.29. The van der Waals surface area contributed by atoms with E-state index >= 15 is 0 Å². The van der Waals surface area contributed by atoms with Gasteiger partial charge in [0, 0.05) is 28.1 Å². The van der Waals surface area contributed by atoms with Gasteiger partial charge in [-0.3, -0.25) is 4.79 Å². The second-order valence-corrected chi connectivity index (χ2v) is 5.11. The molecule has 0 aliphatic heterocycles. The predicted octanol–water partition coefficient (Wildman–Crippen LogP) is 4.08. The monoisotopic (exact) mass is 257 g/mol. The van der Waals surface area contributed by atoms with Crippen LogP contribution in [-0.4, -0.2) is 12.8 Å². The van der Waals surface area contributed by atoms with Gasteiger partial charge >= 0.3 is 0 Å². The van der Waals surface area contributed by atoms with Crippen molar-refractivity contribution in [2.45, 2.75) is 16.7 Å². The fourth-order valence-corrected chi connectivity index (χ4v) is 2.49. The van der Waals surface area contributed by atoms with E-state index in [4.69, 9.17) is 0 Å². The lowest BCUT2D eigenvalue weighted by Gasteiger charge is -2.05. The van der Waals surface area contributed by atoms with Crippen molar-refractivity contribution in [1.82, 2.24) is 0 Å². The summed E-state index contributed by atoms with van der Waals surface area (Å²) in [4.78, 5) is 13.5. The molecule has 1 N–H and O–H groups in total. The smallest absolute Gasteiger partial charge is 0.159 e. The molecule has 0 radical (unpaired) electrons. The number of ketones is 1. The van der Waals surface area contributed by atoms with Crippen LogP contribution in [0.1, 0.15) is 17.3 Å². The zero-order chi connectivity index (χ0) is 13.0. The Hall–Kier alpha value is -1.74. The Bertz CT molecular complexity index is 549. The molecule has 0 amide bonds. The number of Topliss-reactive ketones (excluding diaryl/α,β-unsaturated/α-hetero) is 1. The molecule has 3 heteroatoms. The van der Waals surface area contributed by atoms with E-state index < -0.39 is 0 Å². The van der Waals surface area contributed by atoms with Gasteiger partial charge in [0.05, 0.1) is 0 Å². The summed E-state index contributed by atoms with van der Waals surface area (Å²) in [6.07, 6.45) is 0. The standard InChI is InChI=1S/C15H15NOS/c1-11(17)12-6-8-14(9-7-12)18-15-5-3-4-13(10-15)16-2/h3-10,16H,1-2H3. The van der Waals surface area contributed by atoms with Crippen molar-refractivity contribution in [3.05, 3.63) is 54.1 Å². The molecular formula is C15H15NOS. The van der Waals surface area contributed by atoms with Crippen LogP contribution in [0.25, 0.3) is 0 Å². The average molecular weight is 257 g/mol. The van der Waals surface area contributed by atoms with Crippen molar-refractivity contribution < 1.29 is 4.79 Å². The zero-order valence-electron chi connectivity index (χ0n) is 10.4. The summed E-state index contributed by atoms with van der Waals surface area (Å²) < 4.78 is 0. The third-order valence-electron chi connectivity index (χ3n) is 2.62. The molecular weight excluding hydrogens is 242 g/mol. The van der Waals surface area contributed by atoms with E-state index in [0.29, 0.717) is 0 Å². The number of benzene rings is 2. The van der Waals surface area contributed by atoms with E-state index in [9.17, 15) is 4.79 Å². The normalized spacial score (nSPS) is 10.1. The van der Waals surface area contributed by atoms with Crippen molar-refractivity contribution in [1.29, 1.82) is 0 Å². The largest absolute Gasteiger partial charge is 0.388 e. The Kier molecular flexibility index (Phi) is 4.05. The van der Waals surface area contributed by atoms with Crippen molar-refractivity contribution in [2.75, 3.05) is 12.4 Å². The molecule has 92 valence electrons. The Morgan fingerprint density at radius 2 is 1.78 bits per heavy atom. The van der Waals surface area contributed by atoms with E-state index in [0.717, 1.165) is 16.1 Å². The van der Waals surface area contributed by atoms with E-state index in [2.05, 4.69) is 17.4 Å². The third-order valence-corrected chi connectivity index (χ3v) is 3.62. The molecule has 0 spiro atoms. The molecule has 0 fully saturated rings. The number of hydrogen-bond donors (Lipinski definition) is 1. The molecule has 18 heavy (non-hydrogen) atoms. The Morgan fingerprint density at radius 3 is 2.39 bits per heavy atom. The molecule has 2 aromatic carbocycles. The lowest BCUT2D eigenvalue weighted by atomic mass is 10.2. The van der Waals surface area contributed by atoms with Gasteiger partial charge in [0.2, 0.25) is 0 Å². The topological polar surface area (TPSA) is 29.1 Å². The summed E-state index contributed by atoms with van der Waals surface area (Å²) in [5.41, 5.74) is 1.85. The van der Waals surface area contributed by atoms with Crippen LogP contribution < -0.4 is 5.32 Å². The molecule has 0 saturated heterocycles.